The number of aromatic hydroxyl groups is 1. The second-order valence-electron chi connectivity index (χ2n) is 10.1. The third-order valence-electron chi connectivity index (χ3n) is 7.07. The number of aromatic amines is 1. The fourth-order valence-corrected chi connectivity index (χ4v) is 5.04. The lowest BCUT2D eigenvalue weighted by atomic mass is 9.85. The molecule has 3 aromatic rings. The number of phenols is 1. The molecule has 31 heavy (non-hydrogen) atoms. The van der Waals surface area contributed by atoms with Crippen molar-refractivity contribution in [1.82, 2.24) is 25.4 Å². The highest BCUT2D eigenvalue weighted by Gasteiger charge is 2.49. The third kappa shape index (κ3) is 3.59. The number of hydrogen-bond acceptors (Lipinski definition) is 5. The maximum Gasteiger partial charge on any atom is 0.156 e. The normalized spacial score (nSPS) is 24.0. The molecule has 7 heteroatoms. The molecule has 1 saturated carbocycles. The van der Waals surface area contributed by atoms with Crippen molar-refractivity contribution in [3.05, 3.63) is 41.3 Å². The first kappa shape index (κ1) is 20.4. The van der Waals surface area contributed by atoms with Crippen molar-refractivity contribution in [3.63, 3.8) is 0 Å². The van der Waals surface area contributed by atoms with Gasteiger partial charge >= 0.3 is 0 Å². The van der Waals surface area contributed by atoms with E-state index in [0.29, 0.717) is 22.8 Å². The van der Waals surface area contributed by atoms with Crippen LogP contribution in [0.5, 0.6) is 5.75 Å². The Kier molecular flexibility index (Phi) is 4.61. The molecule has 0 spiro atoms. The molecule has 1 aliphatic carbocycles. The number of piperazine rings is 1. The summed E-state index contributed by atoms with van der Waals surface area (Å²) in [5.41, 5.74) is 3.70. The van der Waals surface area contributed by atoms with Crippen LogP contribution in [0.1, 0.15) is 44.9 Å². The second kappa shape index (κ2) is 7.00. The van der Waals surface area contributed by atoms with Crippen LogP contribution in [0.4, 0.5) is 4.39 Å². The number of nitrogens with zero attached hydrogens (tertiary/aromatic N) is 3. The summed E-state index contributed by atoms with van der Waals surface area (Å²) in [7, 11) is 0. The maximum absolute atomic E-state index is 14.6. The van der Waals surface area contributed by atoms with Crippen LogP contribution >= 0.6 is 0 Å². The topological polar surface area (TPSA) is 77.1 Å². The summed E-state index contributed by atoms with van der Waals surface area (Å²) in [5, 5.41) is 21.7. The lowest BCUT2D eigenvalue weighted by molar-refractivity contribution is 0.00550. The van der Waals surface area contributed by atoms with Gasteiger partial charge < -0.3 is 10.4 Å². The number of aryl methyl sites for hydroxylation is 1. The molecular weight excluding hydrogens is 393 g/mol. The van der Waals surface area contributed by atoms with Gasteiger partial charge in [0.1, 0.15) is 11.6 Å². The molecular formula is C24H30FN5O. The Morgan fingerprint density at radius 1 is 1.23 bits per heavy atom. The predicted molar refractivity (Wildman–Crippen MR) is 119 cm³/mol. The smallest absolute Gasteiger partial charge is 0.156 e. The predicted octanol–water partition coefficient (Wildman–Crippen LogP) is 4.13. The van der Waals surface area contributed by atoms with Gasteiger partial charge in [-0.2, -0.15) is 5.10 Å². The summed E-state index contributed by atoms with van der Waals surface area (Å²) < 4.78 is 14.6. The Morgan fingerprint density at radius 2 is 2.00 bits per heavy atom. The molecule has 164 valence electrons. The minimum absolute atomic E-state index is 0.0257. The standard InChI is InChI=1S/C24H30FN5O/c1-14-21-15(11-30-13-23(2,3)26-12-24(30,4)16-5-6-16)9-20(27-22(21)29-28-14)18-8-7-17(31)10-19(18)25/h7-10,16,26,31H,5-6,11-13H2,1-4H3,(H,27,28,29). The van der Waals surface area contributed by atoms with Crippen molar-refractivity contribution >= 4 is 11.0 Å². The van der Waals surface area contributed by atoms with Crippen LogP contribution < -0.4 is 5.32 Å². The van der Waals surface area contributed by atoms with Gasteiger partial charge in [-0.05, 0) is 70.2 Å². The Hall–Kier alpha value is -2.51. The van der Waals surface area contributed by atoms with Crippen molar-refractivity contribution in [3.8, 4) is 17.0 Å². The molecule has 1 aliphatic heterocycles. The van der Waals surface area contributed by atoms with Crippen LogP contribution in [0.15, 0.2) is 24.3 Å². The summed E-state index contributed by atoms with van der Waals surface area (Å²) in [5.74, 6) is 0.122. The van der Waals surface area contributed by atoms with Crippen LogP contribution in [-0.2, 0) is 6.54 Å². The fraction of sp³-hybridized carbons (Fsp3) is 0.500. The van der Waals surface area contributed by atoms with E-state index in [2.05, 4.69) is 46.2 Å². The number of aromatic nitrogens is 3. The molecule has 0 bridgehead atoms. The molecule has 2 aliphatic rings. The zero-order valence-electron chi connectivity index (χ0n) is 18.6. The minimum Gasteiger partial charge on any atom is -0.508 e. The van der Waals surface area contributed by atoms with E-state index in [4.69, 9.17) is 0 Å². The van der Waals surface area contributed by atoms with Gasteiger partial charge in [0, 0.05) is 47.7 Å². The Bertz CT molecular complexity index is 1150. The van der Waals surface area contributed by atoms with E-state index < -0.39 is 5.82 Å². The average Bonchev–Trinajstić information content (AvgIpc) is 3.49. The molecule has 1 saturated heterocycles. The summed E-state index contributed by atoms with van der Waals surface area (Å²) in [6, 6.07) is 6.18. The molecule has 3 N–H and O–H groups in total. The number of H-pyrrole nitrogens is 1. The zero-order chi connectivity index (χ0) is 22.0. The van der Waals surface area contributed by atoms with Crippen LogP contribution in [0.2, 0.25) is 0 Å². The first-order valence-electron chi connectivity index (χ1n) is 11.0. The highest BCUT2D eigenvalue weighted by molar-refractivity contribution is 5.84. The Morgan fingerprint density at radius 3 is 2.71 bits per heavy atom. The first-order valence-corrected chi connectivity index (χ1v) is 11.0. The van der Waals surface area contributed by atoms with Crippen molar-refractivity contribution < 1.29 is 9.50 Å². The summed E-state index contributed by atoms with van der Waals surface area (Å²) in [6.07, 6.45) is 2.55. The number of hydrogen-bond donors (Lipinski definition) is 3. The average molecular weight is 424 g/mol. The van der Waals surface area contributed by atoms with Crippen LogP contribution in [0.25, 0.3) is 22.3 Å². The zero-order valence-corrected chi connectivity index (χ0v) is 18.6. The van der Waals surface area contributed by atoms with Gasteiger partial charge in [0.05, 0.1) is 11.4 Å². The molecule has 1 aromatic carbocycles. The van der Waals surface area contributed by atoms with E-state index in [0.717, 1.165) is 42.3 Å². The lowest BCUT2D eigenvalue weighted by Crippen LogP contribution is -2.67. The number of benzene rings is 1. The molecule has 0 amide bonds. The number of halogens is 1. The first-order chi connectivity index (χ1) is 14.7. The molecule has 6 nitrogen and oxygen atoms in total. The van der Waals surface area contributed by atoms with Gasteiger partial charge in [-0.3, -0.25) is 10.00 Å². The fourth-order valence-electron chi connectivity index (χ4n) is 5.04. The van der Waals surface area contributed by atoms with E-state index in [-0.39, 0.29) is 16.8 Å². The molecule has 2 aromatic heterocycles. The van der Waals surface area contributed by atoms with Crippen LogP contribution in [0.3, 0.4) is 0 Å². The molecule has 1 atom stereocenters. The highest BCUT2D eigenvalue weighted by atomic mass is 19.1. The number of rotatable bonds is 4. The van der Waals surface area contributed by atoms with E-state index in [1.165, 1.54) is 18.9 Å². The Labute approximate surface area is 181 Å². The SMILES string of the molecule is Cc1n[nH]c2nc(-c3ccc(O)cc3F)cc(CN3CC(C)(C)NCC3(C)C3CC3)c12. The molecule has 3 heterocycles. The molecule has 0 radical (unpaired) electrons. The maximum atomic E-state index is 14.6. The van der Waals surface area contributed by atoms with Crippen molar-refractivity contribution in [1.29, 1.82) is 0 Å². The third-order valence-corrected chi connectivity index (χ3v) is 7.07. The monoisotopic (exact) mass is 423 g/mol. The second-order valence-corrected chi connectivity index (χ2v) is 10.1. The van der Waals surface area contributed by atoms with Gasteiger partial charge in [-0.25, -0.2) is 9.37 Å². The van der Waals surface area contributed by atoms with E-state index in [1.54, 1.807) is 6.07 Å². The summed E-state index contributed by atoms with van der Waals surface area (Å²) in [6.45, 7) is 11.5. The van der Waals surface area contributed by atoms with Crippen molar-refractivity contribution in [2.24, 2.45) is 5.92 Å². The van der Waals surface area contributed by atoms with Crippen molar-refractivity contribution in [2.45, 2.75) is 58.2 Å². The number of nitrogens with one attached hydrogen (secondary N) is 2. The van der Waals surface area contributed by atoms with Crippen molar-refractivity contribution in [2.75, 3.05) is 13.1 Å². The Balaban J connectivity index is 1.60. The molecule has 2 fully saturated rings. The minimum atomic E-state index is -0.486. The highest BCUT2D eigenvalue weighted by Crippen LogP contribution is 2.45. The largest absolute Gasteiger partial charge is 0.508 e. The van der Waals surface area contributed by atoms with E-state index >= 15 is 0 Å². The van der Waals surface area contributed by atoms with Crippen LogP contribution in [-0.4, -0.2) is 49.4 Å². The summed E-state index contributed by atoms with van der Waals surface area (Å²) >= 11 is 0. The number of phenolic OH excluding ortho intramolecular Hbond substituents is 1. The van der Waals surface area contributed by atoms with Gasteiger partial charge in [0.15, 0.2) is 5.65 Å². The summed E-state index contributed by atoms with van der Waals surface area (Å²) in [4.78, 5) is 7.25. The number of pyridine rings is 1. The van der Waals surface area contributed by atoms with E-state index in [1.807, 2.05) is 13.0 Å². The number of fused-ring (bicyclic) bond motifs is 1. The van der Waals surface area contributed by atoms with E-state index in [9.17, 15) is 9.50 Å². The molecule has 1 unspecified atom stereocenters. The van der Waals surface area contributed by atoms with Crippen LogP contribution in [0, 0.1) is 18.7 Å². The van der Waals surface area contributed by atoms with Gasteiger partial charge in [0.2, 0.25) is 0 Å². The quantitative estimate of drug-likeness (QED) is 0.588. The van der Waals surface area contributed by atoms with Gasteiger partial charge in [0.25, 0.3) is 0 Å². The lowest BCUT2D eigenvalue weighted by Gasteiger charge is -2.52. The van der Waals surface area contributed by atoms with Gasteiger partial charge in [-0.1, -0.05) is 0 Å². The molecule has 5 rings (SSSR count). The van der Waals surface area contributed by atoms with Gasteiger partial charge in [-0.15, -0.1) is 0 Å².